The number of carbonyl (C=O) groups excluding carboxylic acids is 1. The number of aliphatic carboxylic acids is 1. The van der Waals surface area contributed by atoms with Crippen LogP contribution in [0.1, 0.15) is 22.4 Å². The van der Waals surface area contributed by atoms with Gasteiger partial charge in [0.05, 0.1) is 21.8 Å². The van der Waals surface area contributed by atoms with Gasteiger partial charge in [0, 0.05) is 0 Å². The maximum Gasteiger partial charge on any atom is 0.323 e. The van der Waals surface area contributed by atoms with Crippen LogP contribution >= 0.6 is 24.0 Å². The molecule has 9 heteroatoms. The summed E-state index contributed by atoms with van der Waals surface area (Å²) in [6.07, 6.45) is 1.67. The number of nitrogens with zero attached hydrogens (tertiary/aromatic N) is 3. The van der Waals surface area contributed by atoms with Crippen LogP contribution in [0.25, 0.3) is 11.8 Å². The quantitative estimate of drug-likeness (QED) is 0.399. The number of aryl methyl sites for hydroxylation is 3. The minimum atomic E-state index is -1.13. The highest BCUT2D eigenvalue weighted by atomic mass is 32.2. The monoisotopic (exact) mass is 479 g/mol. The third-order valence-corrected chi connectivity index (χ3v) is 6.42. The smallest absolute Gasteiger partial charge is 0.323 e. The van der Waals surface area contributed by atoms with Crippen LogP contribution in [0.5, 0.6) is 11.6 Å². The van der Waals surface area contributed by atoms with E-state index in [1.54, 1.807) is 10.8 Å². The van der Waals surface area contributed by atoms with Crippen LogP contribution in [0, 0.1) is 20.8 Å². The number of benzene rings is 2. The molecule has 1 aromatic heterocycles. The Hall–Kier alpha value is -3.43. The predicted molar refractivity (Wildman–Crippen MR) is 132 cm³/mol. The molecule has 33 heavy (non-hydrogen) atoms. The number of thiocarbonyl (C=S) groups is 1. The van der Waals surface area contributed by atoms with Crippen LogP contribution in [0.3, 0.4) is 0 Å². The molecule has 3 aromatic rings. The number of carboxylic acid groups (broad SMARTS) is 1. The highest BCUT2D eigenvalue weighted by Gasteiger charge is 2.34. The second-order valence-corrected chi connectivity index (χ2v) is 9.26. The van der Waals surface area contributed by atoms with E-state index in [0.717, 1.165) is 33.5 Å². The number of rotatable bonds is 6. The molecule has 1 fully saturated rings. The van der Waals surface area contributed by atoms with Crippen molar-refractivity contribution in [3.63, 3.8) is 0 Å². The third kappa shape index (κ3) is 4.69. The Bertz CT molecular complexity index is 1300. The molecule has 1 aliphatic heterocycles. The molecule has 0 saturated carbocycles. The molecule has 0 spiro atoms. The molecule has 2 heterocycles. The molecule has 0 radical (unpaired) electrons. The Kier molecular flexibility index (Phi) is 6.35. The zero-order valence-electron chi connectivity index (χ0n) is 18.2. The summed E-state index contributed by atoms with van der Waals surface area (Å²) in [5.74, 6) is -0.448. The lowest BCUT2D eigenvalue weighted by molar-refractivity contribution is -0.140. The zero-order chi connectivity index (χ0) is 23.7. The van der Waals surface area contributed by atoms with Crippen LogP contribution in [0.4, 0.5) is 0 Å². The predicted octanol–water partition coefficient (Wildman–Crippen LogP) is 4.88. The minimum absolute atomic E-state index is 0.207. The number of ether oxygens (including phenoxy) is 1. The van der Waals surface area contributed by atoms with Crippen molar-refractivity contribution in [2.45, 2.75) is 20.8 Å². The van der Waals surface area contributed by atoms with Gasteiger partial charge in [-0.25, -0.2) is 0 Å². The fourth-order valence-electron chi connectivity index (χ4n) is 3.45. The Morgan fingerprint density at radius 1 is 1.18 bits per heavy atom. The molecular formula is C24H21N3O4S2. The first-order valence-corrected chi connectivity index (χ1v) is 11.3. The van der Waals surface area contributed by atoms with Gasteiger partial charge in [-0.05, 0) is 50.6 Å². The average Bonchev–Trinajstić information content (AvgIpc) is 3.21. The standard InChI is InChI=1S/C24H21N3O4S2/c1-14-9-10-19(15(2)11-14)31-23-18(16(3)25-27(23)17-7-5-4-6-8-17)12-20-22(30)26(13-21(28)29)24(32)33-20/h4-12H,13H2,1-3H3,(H,28,29)/b20-12-. The number of carboxylic acids is 1. The molecule has 1 amide bonds. The van der Waals surface area contributed by atoms with Gasteiger partial charge in [-0.1, -0.05) is 59.9 Å². The number of aromatic nitrogens is 2. The summed E-state index contributed by atoms with van der Waals surface area (Å²) in [7, 11) is 0. The van der Waals surface area contributed by atoms with Gasteiger partial charge in [0.15, 0.2) is 0 Å². The van der Waals surface area contributed by atoms with Gasteiger partial charge in [-0.3, -0.25) is 14.5 Å². The van der Waals surface area contributed by atoms with Crippen molar-refractivity contribution in [2.75, 3.05) is 6.54 Å². The van der Waals surface area contributed by atoms with E-state index in [1.807, 2.05) is 69.3 Å². The molecule has 0 atom stereocenters. The maximum absolute atomic E-state index is 12.8. The van der Waals surface area contributed by atoms with Gasteiger partial charge in [0.25, 0.3) is 5.91 Å². The van der Waals surface area contributed by atoms with Crippen molar-refractivity contribution < 1.29 is 19.4 Å². The van der Waals surface area contributed by atoms with E-state index < -0.39 is 18.4 Å². The molecule has 168 valence electrons. The normalized spacial score (nSPS) is 14.9. The number of carbonyl (C=O) groups is 2. The molecular weight excluding hydrogens is 458 g/mol. The van der Waals surface area contributed by atoms with Crippen LogP contribution in [0.2, 0.25) is 0 Å². The number of hydrogen-bond acceptors (Lipinski definition) is 6. The lowest BCUT2D eigenvalue weighted by Crippen LogP contribution is -2.33. The highest BCUT2D eigenvalue weighted by Crippen LogP contribution is 2.38. The van der Waals surface area contributed by atoms with Crippen molar-refractivity contribution in [3.05, 3.63) is 75.8 Å². The van der Waals surface area contributed by atoms with Crippen molar-refractivity contribution in [2.24, 2.45) is 0 Å². The van der Waals surface area contributed by atoms with Gasteiger partial charge in [0.1, 0.15) is 16.6 Å². The summed E-state index contributed by atoms with van der Waals surface area (Å²) in [4.78, 5) is 25.3. The van der Waals surface area contributed by atoms with E-state index in [1.165, 1.54) is 0 Å². The molecule has 1 aliphatic rings. The molecule has 4 rings (SSSR count). The first kappa shape index (κ1) is 22.8. The minimum Gasteiger partial charge on any atom is -0.480 e. The molecule has 2 aromatic carbocycles. The Labute approximate surface area is 200 Å². The number of thioether (sulfide) groups is 1. The van der Waals surface area contributed by atoms with Crippen molar-refractivity contribution >= 4 is 46.3 Å². The lowest BCUT2D eigenvalue weighted by atomic mass is 10.1. The summed E-state index contributed by atoms with van der Waals surface area (Å²) in [6, 6.07) is 15.5. The van der Waals surface area contributed by atoms with E-state index in [0.29, 0.717) is 27.8 Å². The van der Waals surface area contributed by atoms with Crippen molar-refractivity contribution in [3.8, 4) is 17.3 Å². The summed E-state index contributed by atoms with van der Waals surface area (Å²) in [5.41, 5.74) is 4.16. The summed E-state index contributed by atoms with van der Waals surface area (Å²) in [6.45, 7) is 5.34. The Morgan fingerprint density at radius 2 is 1.91 bits per heavy atom. The van der Waals surface area contributed by atoms with Crippen LogP contribution in [-0.4, -0.2) is 42.5 Å². The number of hydrogen-bond donors (Lipinski definition) is 1. The van der Waals surface area contributed by atoms with Crippen LogP contribution < -0.4 is 4.74 Å². The number of para-hydroxylation sites is 1. The highest BCUT2D eigenvalue weighted by molar-refractivity contribution is 8.26. The maximum atomic E-state index is 12.8. The molecule has 0 bridgehead atoms. The first-order valence-electron chi connectivity index (χ1n) is 10.1. The van der Waals surface area contributed by atoms with Crippen molar-refractivity contribution in [1.29, 1.82) is 0 Å². The second kappa shape index (κ2) is 9.21. The van der Waals surface area contributed by atoms with Gasteiger partial charge in [-0.2, -0.15) is 9.78 Å². The van der Waals surface area contributed by atoms with Gasteiger partial charge in [-0.15, -0.1) is 0 Å². The van der Waals surface area contributed by atoms with Crippen molar-refractivity contribution in [1.82, 2.24) is 14.7 Å². The van der Waals surface area contributed by atoms with E-state index in [2.05, 4.69) is 5.10 Å². The summed E-state index contributed by atoms with van der Waals surface area (Å²) < 4.78 is 8.26. The van der Waals surface area contributed by atoms with E-state index in [4.69, 9.17) is 22.1 Å². The van der Waals surface area contributed by atoms with Crippen LogP contribution in [0.15, 0.2) is 53.4 Å². The summed E-state index contributed by atoms with van der Waals surface area (Å²) in [5, 5.41) is 13.8. The lowest BCUT2D eigenvalue weighted by Gasteiger charge is -2.13. The van der Waals surface area contributed by atoms with E-state index >= 15 is 0 Å². The molecule has 1 saturated heterocycles. The Morgan fingerprint density at radius 3 is 2.58 bits per heavy atom. The summed E-state index contributed by atoms with van der Waals surface area (Å²) >= 11 is 6.29. The fraction of sp³-hybridized carbons (Fsp3) is 0.167. The molecule has 7 nitrogen and oxygen atoms in total. The topological polar surface area (TPSA) is 84.7 Å². The second-order valence-electron chi connectivity index (χ2n) is 7.58. The zero-order valence-corrected chi connectivity index (χ0v) is 19.9. The van der Waals surface area contributed by atoms with Gasteiger partial charge < -0.3 is 9.84 Å². The largest absolute Gasteiger partial charge is 0.480 e. The van der Waals surface area contributed by atoms with Crippen LogP contribution in [-0.2, 0) is 9.59 Å². The molecule has 1 N–H and O–H groups in total. The SMILES string of the molecule is Cc1ccc(Oc2c(/C=C3\SC(=S)N(CC(=O)O)C3=O)c(C)nn2-c2ccccc2)c(C)c1. The Balaban J connectivity index is 1.82. The van der Waals surface area contributed by atoms with Gasteiger partial charge >= 0.3 is 5.97 Å². The fourth-order valence-corrected chi connectivity index (χ4v) is 4.68. The molecule has 0 unspecified atom stereocenters. The van der Waals surface area contributed by atoms with E-state index in [-0.39, 0.29) is 4.32 Å². The number of amides is 1. The third-order valence-electron chi connectivity index (χ3n) is 5.04. The first-order chi connectivity index (χ1) is 15.7. The van der Waals surface area contributed by atoms with Gasteiger partial charge in [0.2, 0.25) is 5.88 Å². The average molecular weight is 480 g/mol. The van der Waals surface area contributed by atoms with E-state index in [9.17, 15) is 9.59 Å². The molecule has 0 aliphatic carbocycles.